The lowest BCUT2D eigenvalue weighted by Crippen LogP contribution is -2.01. The summed E-state index contributed by atoms with van der Waals surface area (Å²) in [4.78, 5) is 11.2. The number of carbonyl (C=O) groups excluding carboxylic acids is 1. The quantitative estimate of drug-likeness (QED) is 0.555. The lowest BCUT2D eigenvalue weighted by molar-refractivity contribution is 0.102. The molecule has 0 heterocycles. The number of rotatable bonds is 2. The monoisotopic (exact) mass is 222 g/mol. The van der Waals surface area contributed by atoms with Crippen molar-refractivity contribution in [1.82, 2.24) is 0 Å². The van der Waals surface area contributed by atoms with Crippen LogP contribution in [0.3, 0.4) is 0 Å². The molecule has 1 aromatic carbocycles. The predicted molar refractivity (Wildman–Crippen MR) is 51.5 cm³/mol. The Bertz CT molecular complexity index is 289. The van der Waals surface area contributed by atoms with E-state index >= 15 is 0 Å². The van der Waals surface area contributed by atoms with E-state index in [9.17, 15) is 4.79 Å². The SMILES string of the molecule is O=C(CCl)c1c(Cl)cccc1Cl. The molecular formula is C8H5Cl3O. The summed E-state index contributed by atoms with van der Waals surface area (Å²) in [5, 5.41) is 0.682. The summed E-state index contributed by atoms with van der Waals surface area (Å²) in [5.74, 6) is -0.365. The van der Waals surface area contributed by atoms with Crippen molar-refractivity contribution in [2.45, 2.75) is 0 Å². The minimum atomic E-state index is -0.257. The lowest BCUT2D eigenvalue weighted by atomic mass is 10.1. The third-order valence-electron chi connectivity index (χ3n) is 1.36. The van der Waals surface area contributed by atoms with Crippen molar-refractivity contribution >= 4 is 40.6 Å². The zero-order valence-electron chi connectivity index (χ0n) is 5.98. The van der Waals surface area contributed by atoms with Crippen LogP contribution in [0.1, 0.15) is 10.4 Å². The van der Waals surface area contributed by atoms with Gasteiger partial charge in [-0.2, -0.15) is 0 Å². The van der Waals surface area contributed by atoms with Gasteiger partial charge in [0.25, 0.3) is 0 Å². The van der Waals surface area contributed by atoms with Crippen molar-refractivity contribution in [1.29, 1.82) is 0 Å². The number of alkyl halides is 1. The Morgan fingerprint density at radius 2 is 1.75 bits per heavy atom. The van der Waals surface area contributed by atoms with Gasteiger partial charge in [-0.3, -0.25) is 4.79 Å². The van der Waals surface area contributed by atoms with Gasteiger partial charge in [-0.05, 0) is 12.1 Å². The number of halogens is 3. The Labute approximate surface area is 85.2 Å². The largest absolute Gasteiger partial charge is 0.293 e. The van der Waals surface area contributed by atoms with Gasteiger partial charge in [0.05, 0.1) is 21.5 Å². The van der Waals surface area contributed by atoms with Crippen molar-refractivity contribution in [3.8, 4) is 0 Å². The van der Waals surface area contributed by atoms with Crippen LogP contribution in [0.2, 0.25) is 10.0 Å². The summed E-state index contributed by atoms with van der Waals surface area (Å²) < 4.78 is 0. The number of ketones is 1. The Kier molecular flexibility index (Phi) is 3.39. The first kappa shape index (κ1) is 9.85. The van der Waals surface area contributed by atoms with Gasteiger partial charge < -0.3 is 0 Å². The summed E-state index contributed by atoms with van der Waals surface area (Å²) in [5.41, 5.74) is 0.302. The van der Waals surface area contributed by atoms with Crippen LogP contribution in [0.25, 0.3) is 0 Å². The highest BCUT2D eigenvalue weighted by Gasteiger charge is 2.12. The van der Waals surface area contributed by atoms with E-state index in [1.54, 1.807) is 18.2 Å². The number of benzene rings is 1. The van der Waals surface area contributed by atoms with Crippen LogP contribution >= 0.6 is 34.8 Å². The molecule has 0 saturated carbocycles. The number of Topliss-reactive ketones (excluding diaryl/α,β-unsaturated/α-hetero) is 1. The maximum atomic E-state index is 11.2. The van der Waals surface area contributed by atoms with Gasteiger partial charge in [-0.25, -0.2) is 0 Å². The van der Waals surface area contributed by atoms with Gasteiger partial charge in [-0.1, -0.05) is 29.3 Å². The smallest absolute Gasteiger partial charge is 0.180 e. The molecule has 12 heavy (non-hydrogen) atoms. The van der Waals surface area contributed by atoms with E-state index in [1.165, 1.54) is 0 Å². The molecule has 64 valence electrons. The Balaban J connectivity index is 3.21. The summed E-state index contributed by atoms with van der Waals surface area (Å²) in [6, 6.07) is 4.89. The van der Waals surface area contributed by atoms with E-state index in [-0.39, 0.29) is 11.7 Å². The van der Waals surface area contributed by atoms with Crippen molar-refractivity contribution in [2.24, 2.45) is 0 Å². The predicted octanol–water partition coefficient (Wildman–Crippen LogP) is 3.41. The van der Waals surface area contributed by atoms with Gasteiger partial charge in [0, 0.05) is 0 Å². The van der Waals surface area contributed by atoms with Crippen LogP contribution in [-0.2, 0) is 0 Å². The standard InChI is InChI=1S/C8H5Cl3O/c9-4-7(12)8-5(10)2-1-3-6(8)11/h1-3H,4H2. The van der Waals surface area contributed by atoms with Crippen molar-refractivity contribution < 1.29 is 4.79 Å². The highest BCUT2D eigenvalue weighted by molar-refractivity contribution is 6.42. The van der Waals surface area contributed by atoms with Gasteiger partial charge in [0.15, 0.2) is 5.78 Å². The molecule has 0 spiro atoms. The molecule has 0 atom stereocenters. The highest BCUT2D eigenvalue weighted by atomic mass is 35.5. The molecular weight excluding hydrogens is 218 g/mol. The molecule has 1 aromatic rings. The minimum Gasteiger partial charge on any atom is -0.293 e. The van der Waals surface area contributed by atoms with Crippen LogP contribution in [0, 0.1) is 0 Å². The molecule has 0 radical (unpaired) electrons. The molecule has 1 nitrogen and oxygen atoms in total. The summed E-state index contributed by atoms with van der Waals surface area (Å²) >= 11 is 16.8. The van der Waals surface area contributed by atoms with E-state index < -0.39 is 0 Å². The molecule has 0 amide bonds. The summed E-state index contributed by atoms with van der Waals surface area (Å²) in [6.45, 7) is 0. The molecule has 0 aliphatic carbocycles. The normalized spacial score (nSPS) is 9.92. The zero-order valence-corrected chi connectivity index (χ0v) is 8.25. The van der Waals surface area contributed by atoms with Crippen molar-refractivity contribution in [2.75, 3.05) is 5.88 Å². The first-order valence-electron chi connectivity index (χ1n) is 3.20. The molecule has 4 heteroatoms. The molecule has 0 fully saturated rings. The molecule has 1 rings (SSSR count). The fraction of sp³-hybridized carbons (Fsp3) is 0.125. The molecule has 0 unspecified atom stereocenters. The fourth-order valence-corrected chi connectivity index (χ4v) is 1.57. The minimum absolute atomic E-state index is 0.108. The Morgan fingerprint density at radius 1 is 1.25 bits per heavy atom. The second-order valence-electron chi connectivity index (χ2n) is 2.15. The molecule has 0 aliphatic heterocycles. The fourth-order valence-electron chi connectivity index (χ4n) is 0.831. The van der Waals surface area contributed by atoms with Gasteiger partial charge in [-0.15, -0.1) is 11.6 Å². The lowest BCUT2D eigenvalue weighted by Gasteiger charge is -2.02. The molecule has 0 bridgehead atoms. The average Bonchev–Trinajstić information content (AvgIpc) is 2.03. The molecule has 0 aromatic heterocycles. The van der Waals surface area contributed by atoms with Crippen LogP contribution < -0.4 is 0 Å². The van der Waals surface area contributed by atoms with Crippen molar-refractivity contribution in [3.63, 3.8) is 0 Å². The van der Waals surface area contributed by atoms with Crippen LogP contribution in [-0.4, -0.2) is 11.7 Å². The first-order valence-corrected chi connectivity index (χ1v) is 4.49. The van der Waals surface area contributed by atoms with E-state index in [0.717, 1.165) is 0 Å². The maximum absolute atomic E-state index is 11.2. The third kappa shape index (κ3) is 1.92. The van der Waals surface area contributed by atoms with Crippen LogP contribution in [0.4, 0.5) is 0 Å². The second kappa shape index (κ2) is 4.13. The van der Waals surface area contributed by atoms with E-state index in [0.29, 0.717) is 15.6 Å². The third-order valence-corrected chi connectivity index (χ3v) is 2.24. The van der Waals surface area contributed by atoms with Crippen LogP contribution in [0.5, 0.6) is 0 Å². The number of hydrogen-bond donors (Lipinski definition) is 0. The maximum Gasteiger partial charge on any atom is 0.180 e. The number of carbonyl (C=O) groups is 1. The summed E-state index contributed by atoms with van der Waals surface area (Å²) in [6.07, 6.45) is 0. The molecule has 0 saturated heterocycles. The molecule has 0 aliphatic rings. The van der Waals surface area contributed by atoms with E-state index in [1.807, 2.05) is 0 Å². The highest BCUT2D eigenvalue weighted by Crippen LogP contribution is 2.24. The summed E-state index contributed by atoms with van der Waals surface area (Å²) in [7, 11) is 0. The molecule has 0 N–H and O–H groups in total. The number of hydrogen-bond acceptors (Lipinski definition) is 1. The zero-order chi connectivity index (χ0) is 9.14. The van der Waals surface area contributed by atoms with E-state index in [4.69, 9.17) is 34.8 Å². The average molecular weight is 223 g/mol. The topological polar surface area (TPSA) is 17.1 Å². The first-order chi connectivity index (χ1) is 5.66. The Hall–Kier alpha value is -0.240. The van der Waals surface area contributed by atoms with Crippen LogP contribution in [0.15, 0.2) is 18.2 Å². The van der Waals surface area contributed by atoms with Crippen molar-refractivity contribution in [3.05, 3.63) is 33.8 Å². The van der Waals surface area contributed by atoms with Gasteiger partial charge >= 0.3 is 0 Å². The van der Waals surface area contributed by atoms with Gasteiger partial charge in [0.1, 0.15) is 0 Å². The van der Waals surface area contributed by atoms with E-state index in [2.05, 4.69) is 0 Å². The van der Waals surface area contributed by atoms with Gasteiger partial charge in [0.2, 0.25) is 0 Å². The second-order valence-corrected chi connectivity index (χ2v) is 3.24. The Morgan fingerprint density at radius 3 is 2.17 bits per heavy atom.